The van der Waals surface area contributed by atoms with Crippen molar-refractivity contribution in [3.63, 3.8) is 0 Å². The second-order valence-electron chi connectivity index (χ2n) is 4.73. The molecule has 1 aliphatic rings. The van der Waals surface area contributed by atoms with E-state index in [-0.39, 0.29) is 0 Å². The van der Waals surface area contributed by atoms with E-state index >= 15 is 0 Å². The summed E-state index contributed by atoms with van der Waals surface area (Å²) < 4.78 is 5.79. The third-order valence-corrected chi connectivity index (χ3v) is 3.49. The summed E-state index contributed by atoms with van der Waals surface area (Å²) in [7, 11) is 0. The van der Waals surface area contributed by atoms with Gasteiger partial charge in [-0.1, -0.05) is 36.5 Å². The minimum Gasteiger partial charge on any atom is -0.492 e. The van der Waals surface area contributed by atoms with Gasteiger partial charge in [-0.15, -0.1) is 0 Å². The summed E-state index contributed by atoms with van der Waals surface area (Å²) in [6.07, 6.45) is 4.68. The van der Waals surface area contributed by atoms with Gasteiger partial charge in [0.25, 0.3) is 0 Å². The molecule has 0 unspecified atom stereocenters. The molecule has 0 atom stereocenters. The zero-order valence-electron chi connectivity index (χ0n) is 10.6. The number of hydrogen-bond donors (Lipinski definition) is 1. The van der Waals surface area contributed by atoms with Gasteiger partial charge in [-0.3, -0.25) is 0 Å². The van der Waals surface area contributed by atoms with Crippen LogP contribution in [0.5, 0.6) is 5.75 Å². The van der Waals surface area contributed by atoms with Crippen LogP contribution in [0.15, 0.2) is 12.1 Å². The van der Waals surface area contributed by atoms with Crippen LogP contribution in [0.3, 0.4) is 0 Å². The molecule has 0 amide bonds. The van der Waals surface area contributed by atoms with Gasteiger partial charge in [0.15, 0.2) is 0 Å². The van der Waals surface area contributed by atoms with E-state index in [0.29, 0.717) is 22.7 Å². The summed E-state index contributed by atoms with van der Waals surface area (Å²) in [6, 6.07) is 4.33. The second kappa shape index (κ2) is 6.65. The monoisotopic (exact) mass is 287 g/mol. The average Bonchev–Trinajstić information content (AvgIpc) is 3.13. The summed E-state index contributed by atoms with van der Waals surface area (Å²) >= 11 is 12.3. The molecule has 1 fully saturated rings. The largest absolute Gasteiger partial charge is 0.492 e. The van der Waals surface area contributed by atoms with Crippen LogP contribution in [0.4, 0.5) is 0 Å². The van der Waals surface area contributed by atoms with Crippen molar-refractivity contribution in [3.8, 4) is 5.75 Å². The molecule has 1 aromatic carbocycles. The average molecular weight is 288 g/mol. The third kappa shape index (κ3) is 4.04. The Labute approximate surface area is 119 Å². The Morgan fingerprint density at radius 3 is 2.78 bits per heavy atom. The van der Waals surface area contributed by atoms with Crippen LogP contribution in [0.2, 0.25) is 10.0 Å². The normalized spacial score (nSPS) is 14.8. The number of ether oxygens (including phenoxy) is 1. The van der Waals surface area contributed by atoms with Crippen molar-refractivity contribution in [3.05, 3.63) is 27.7 Å². The molecule has 1 saturated carbocycles. The molecule has 0 spiro atoms. The molecule has 0 saturated heterocycles. The van der Waals surface area contributed by atoms with Crippen LogP contribution in [0, 0.1) is 0 Å². The van der Waals surface area contributed by atoms with Crippen molar-refractivity contribution in [2.45, 2.75) is 45.2 Å². The molecule has 0 aliphatic heterocycles. The first-order chi connectivity index (χ1) is 8.70. The van der Waals surface area contributed by atoms with Gasteiger partial charge in [0.2, 0.25) is 0 Å². The lowest BCUT2D eigenvalue weighted by Gasteiger charge is -2.14. The van der Waals surface area contributed by atoms with Crippen molar-refractivity contribution in [1.29, 1.82) is 0 Å². The highest BCUT2D eigenvalue weighted by molar-refractivity contribution is 6.35. The first-order valence-electron chi connectivity index (χ1n) is 6.54. The molecule has 1 aliphatic carbocycles. The van der Waals surface area contributed by atoms with Crippen LogP contribution < -0.4 is 10.1 Å². The minimum atomic E-state index is 0.603. The summed E-state index contributed by atoms with van der Waals surface area (Å²) in [5.74, 6) is 0.780. The summed E-state index contributed by atoms with van der Waals surface area (Å²) in [5.41, 5.74) is 1.05. The van der Waals surface area contributed by atoms with E-state index in [2.05, 4.69) is 12.2 Å². The fourth-order valence-corrected chi connectivity index (χ4v) is 2.36. The van der Waals surface area contributed by atoms with E-state index in [1.807, 2.05) is 6.07 Å². The lowest BCUT2D eigenvalue weighted by molar-refractivity contribution is 0.305. The Hall–Kier alpha value is -0.440. The number of nitrogens with one attached hydrogen (secondary N) is 1. The molecule has 2 rings (SSSR count). The van der Waals surface area contributed by atoms with Gasteiger partial charge in [0.1, 0.15) is 5.75 Å². The van der Waals surface area contributed by atoms with E-state index in [9.17, 15) is 0 Å². The Morgan fingerprint density at radius 2 is 2.11 bits per heavy atom. The maximum atomic E-state index is 6.21. The fourth-order valence-electron chi connectivity index (χ4n) is 1.77. The molecule has 4 heteroatoms. The quantitative estimate of drug-likeness (QED) is 0.750. The van der Waals surface area contributed by atoms with Crippen molar-refractivity contribution < 1.29 is 4.74 Å². The van der Waals surface area contributed by atoms with Crippen LogP contribution in [-0.4, -0.2) is 12.6 Å². The van der Waals surface area contributed by atoms with Gasteiger partial charge < -0.3 is 10.1 Å². The van der Waals surface area contributed by atoms with Gasteiger partial charge in [-0.25, -0.2) is 0 Å². The topological polar surface area (TPSA) is 21.3 Å². The van der Waals surface area contributed by atoms with Crippen LogP contribution >= 0.6 is 23.2 Å². The highest BCUT2D eigenvalue weighted by Crippen LogP contribution is 2.33. The van der Waals surface area contributed by atoms with Crippen molar-refractivity contribution >= 4 is 23.2 Å². The number of rotatable bonds is 7. The third-order valence-electron chi connectivity index (χ3n) is 2.99. The Morgan fingerprint density at radius 1 is 1.33 bits per heavy atom. The van der Waals surface area contributed by atoms with Gasteiger partial charge in [-0.05, 0) is 31.4 Å². The fraction of sp³-hybridized carbons (Fsp3) is 0.571. The molecular weight excluding hydrogens is 269 g/mol. The Bertz CT molecular complexity index is 405. The summed E-state index contributed by atoms with van der Waals surface area (Å²) in [5, 5.41) is 4.73. The highest BCUT2D eigenvalue weighted by atomic mass is 35.5. The second-order valence-corrected chi connectivity index (χ2v) is 5.58. The maximum Gasteiger partial charge on any atom is 0.142 e. The van der Waals surface area contributed by atoms with Crippen molar-refractivity contribution in [1.82, 2.24) is 5.32 Å². The van der Waals surface area contributed by atoms with E-state index in [1.54, 1.807) is 6.07 Å². The molecule has 18 heavy (non-hydrogen) atoms. The van der Waals surface area contributed by atoms with Gasteiger partial charge in [0.05, 0.1) is 11.6 Å². The molecular formula is C14H19Cl2NO. The molecule has 2 nitrogen and oxygen atoms in total. The van der Waals surface area contributed by atoms with Gasteiger partial charge in [-0.2, -0.15) is 0 Å². The first-order valence-corrected chi connectivity index (χ1v) is 7.30. The number of benzene rings is 1. The molecule has 100 valence electrons. The summed E-state index contributed by atoms with van der Waals surface area (Å²) in [6.45, 7) is 3.61. The molecule has 1 N–H and O–H groups in total. The Balaban J connectivity index is 2.06. The Kier molecular flexibility index (Phi) is 5.16. The number of hydrogen-bond acceptors (Lipinski definition) is 2. The number of unbranched alkanes of at least 4 members (excludes halogenated alkanes) is 1. The maximum absolute atomic E-state index is 6.21. The molecule has 0 aromatic heterocycles. The molecule has 0 radical (unpaired) electrons. The zero-order valence-corrected chi connectivity index (χ0v) is 12.2. The van der Waals surface area contributed by atoms with Crippen LogP contribution in [0.1, 0.15) is 38.2 Å². The van der Waals surface area contributed by atoms with E-state index in [4.69, 9.17) is 27.9 Å². The van der Waals surface area contributed by atoms with E-state index in [1.165, 1.54) is 12.8 Å². The van der Waals surface area contributed by atoms with Crippen LogP contribution in [-0.2, 0) is 6.54 Å². The van der Waals surface area contributed by atoms with Gasteiger partial charge in [0, 0.05) is 23.2 Å². The highest BCUT2D eigenvalue weighted by Gasteiger charge is 2.21. The molecule has 0 bridgehead atoms. The number of halogens is 2. The van der Waals surface area contributed by atoms with Crippen LogP contribution in [0.25, 0.3) is 0 Å². The first kappa shape index (κ1) is 14.0. The zero-order chi connectivity index (χ0) is 13.0. The molecule has 0 heterocycles. The van der Waals surface area contributed by atoms with Crippen molar-refractivity contribution in [2.75, 3.05) is 6.61 Å². The summed E-state index contributed by atoms with van der Waals surface area (Å²) in [4.78, 5) is 0. The molecule has 1 aromatic rings. The predicted molar refractivity (Wildman–Crippen MR) is 76.7 cm³/mol. The standard InChI is InChI=1S/C14H19Cl2NO/c1-2-3-6-18-14-10(9-17-12-4-5-12)7-11(15)8-13(14)16/h7-8,12,17H,2-6,9H2,1H3. The lowest BCUT2D eigenvalue weighted by atomic mass is 10.2. The van der Waals surface area contributed by atoms with Gasteiger partial charge >= 0.3 is 0 Å². The van der Waals surface area contributed by atoms with Crippen molar-refractivity contribution in [2.24, 2.45) is 0 Å². The smallest absolute Gasteiger partial charge is 0.142 e. The lowest BCUT2D eigenvalue weighted by Crippen LogP contribution is -2.16. The minimum absolute atomic E-state index is 0.603. The SMILES string of the molecule is CCCCOc1c(Cl)cc(Cl)cc1CNC1CC1. The predicted octanol–water partition coefficient (Wildman–Crippen LogP) is 4.42. The van der Waals surface area contributed by atoms with E-state index < -0.39 is 0 Å². The van der Waals surface area contributed by atoms with E-state index in [0.717, 1.165) is 30.7 Å².